The van der Waals surface area contributed by atoms with Crippen LogP contribution in [0.3, 0.4) is 0 Å². The van der Waals surface area contributed by atoms with Crippen LogP contribution in [0.4, 0.5) is 0 Å². The molecule has 0 bridgehead atoms. The minimum Gasteiger partial charge on any atom is -0.293 e. The zero-order valence-corrected chi connectivity index (χ0v) is 10.3. The molecule has 0 radical (unpaired) electrons. The Hall–Kier alpha value is -2.34. The number of ketones is 1. The summed E-state index contributed by atoms with van der Waals surface area (Å²) in [6.45, 7) is 1.79. The van der Waals surface area contributed by atoms with E-state index in [1.54, 1.807) is 6.08 Å². The topological polar surface area (TPSA) is 63.9 Å². The third-order valence-corrected chi connectivity index (χ3v) is 2.95. The van der Waals surface area contributed by atoms with Gasteiger partial charge in [-0.15, -0.1) is 15.0 Å². The predicted octanol–water partition coefficient (Wildman–Crippen LogP) is 0.599. The van der Waals surface area contributed by atoms with Crippen LogP contribution in [0, 0.1) is 0 Å². The highest BCUT2D eigenvalue weighted by Gasteiger charge is 2.20. The van der Waals surface area contributed by atoms with E-state index >= 15 is 0 Å². The first kappa shape index (κ1) is 11.7. The maximum Gasteiger partial charge on any atom is 0.171 e. The Labute approximate surface area is 110 Å². The average molecular weight is 255 g/mol. The third kappa shape index (κ3) is 2.74. The molecule has 96 valence electrons. The minimum absolute atomic E-state index is 0.0643. The van der Waals surface area contributed by atoms with Gasteiger partial charge in [-0.25, -0.2) is 0 Å². The van der Waals surface area contributed by atoms with E-state index in [2.05, 4.69) is 32.4 Å². The molecule has 0 atom stereocenters. The average Bonchev–Trinajstić information content (AvgIpc) is 2.93. The zero-order valence-electron chi connectivity index (χ0n) is 10.3. The van der Waals surface area contributed by atoms with Crippen LogP contribution in [0.2, 0.25) is 0 Å². The molecule has 0 N–H and O–H groups in total. The zero-order chi connectivity index (χ0) is 13.1. The Balaban J connectivity index is 1.76. The Kier molecular flexibility index (Phi) is 3.16. The number of aromatic nitrogens is 4. The van der Waals surface area contributed by atoms with Crippen molar-refractivity contribution in [1.82, 2.24) is 25.1 Å². The van der Waals surface area contributed by atoms with E-state index in [1.807, 2.05) is 18.2 Å². The first-order valence-electron chi connectivity index (χ1n) is 6.04. The molecule has 1 aliphatic heterocycles. The number of nitrogens with zero attached hydrogens (tertiary/aromatic N) is 5. The molecular formula is C13H13N5O. The Bertz CT molecular complexity index is 591. The van der Waals surface area contributed by atoms with Crippen LogP contribution in [0.15, 0.2) is 42.7 Å². The molecule has 0 saturated carbocycles. The Morgan fingerprint density at radius 2 is 2.00 bits per heavy atom. The van der Waals surface area contributed by atoms with E-state index in [1.165, 1.54) is 16.7 Å². The summed E-state index contributed by atoms with van der Waals surface area (Å²) < 4.78 is 0. The normalized spacial score (nSPS) is 16.4. The van der Waals surface area contributed by atoms with Gasteiger partial charge in [0, 0.05) is 19.2 Å². The van der Waals surface area contributed by atoms with Gasteiger partial charge in [-0.2, -0.15) is 0 Å². The van der Waals surface area contributed by atoms with E-state index in [0.717, 1.165) is 12.2 Å². The highest BCUT2D eigenvalue weighted by atomic mass is 16.1. The maximum absolute atomic E-state index is 11.8. The molecule has 1 aromatic heterocycles. The molecule has 0 aliphatic carbocycles. The summed E-state index contributed by atoms with van der Waals surface area (Å²) in [6.07, 6.45) is 2.95. The summed E-state index contributed by atoms with van der Waals surface area (Å²) in [7, 11) is 0. The maximum atomic E-state index is 11.8. The summed E-state index contributed by atoms with van der Waals surface area (Å²) >= 11 is 0. The van der Waals surface area contributed by atoms with E-state index < -0.39 is 0 Å². The fourth-order valence-electron chi connectivity index (χ4n) is 2.16. The first-order chi connectivity index (χ1) is 9.31. The van der Waals surface area contributed by atoms with Crippen molar-refractivity contribution in [3.8, 4) is 0 Å². The van der Waals surface area contributed by atoms with Gasteiger partial charge in [-0.1, -0.05) is 30.3 Å². The van der Waals surface area contributed by atoms with Gasteiger partial charge >= 0.3 is 0 Å². The van der Waals surface area contributed by atoms with Gasteiger partial charge in [-0.05, 0) is 10.8 Å². The lowest BCUT2D eigenvalue weighted by atomic mass is 10.1. The van der Waals surface area contributed by atoms with Crippen LogP contribution < -0.4 is 0 Å². The largest absolute Gasteiger partial charge is 0.293 e. The van der Waals surface area contributed by atoms with Gasteiger partial charge in [0.25, 0.3) is 0 Å². The highest BCUT2D eigenvalue weighted by molar-refractivity contribution is 5.97. The summed E-state index contributed by atoms with van der Waals surface area (Å²) in [4.78, 5) is 15.2. The first-order valence-corrected chi connectivity index (χ1v) is 6.04. The molecule has 6 heteroatoms. The SMILES string of the molecule is O=C1C=C(n2ncnn2)CN(Cc2ccccc2)C1. The van der Waals surface area contributed by atoms with Crippen molar-refractivity contribution < 1.29 is 4.79 Å². The molecule has 0 saturated heterocycles. The number of benzene rings is 1. The minimum atomic E-state index is 0.0643. The quantitative estimate of drug-likeness (QED) is 0.803. The molecule has 0 spiro atoms. The number of hydrogen-bond donors (Lipinski definition) is 0. The summed E-state index contributed by atoms with van der Waals surface area (Å²) in [5, 5.41) is 11.4. The van der Waals surface area contributed by atoms with Gasteiger partial charge < -0.3 is 0 Å². The molecule has 19 heavy (non-hydrogen) atoms. The molecule has 1 aromatic carbocycles. The van der Waals surface area contributed by atoms with Crippen molar-refractivity contribution in [1.29, 1.82) is 0 Å². The molecule has 0 fully saturated rings. The third-order valence-electron chi connectivity index (χ3n) is 2.95. The monoisotopic (exact) mass is 255 g/mol. The van der Waals surface area contributed by atoms with Crippen LogP contribution in [0.25, 0.3) is 5.70 Å². The van der Waals surface area contributed by atoms with Crippen LogP contribution in [-0.2, 0) is 11.3 Å². The lowest BCUT2D eigenvalue weighted by Gasteiger charge is -2.25. The fourth-order valence-corrected chi connectivity index (χ4v) is 2.16. The van der Waals surface area contributed by atoms with Crippen molar-refractivity contribution in [3.05, 3.63) is 48.3 Å². The van der Waals surface area contributed by atoms with E-state index in [4.69, 9.17) is 0 Å². The summed E-state index contributed by atoms with van der Waals surface area (Å²) in [6, 6.07) is 10.1. The van der Waals surface area contributed by atoms with Crippen molar-refractivity contribution in [3.63, 3.8) is 0 Å². The second-order valence-electron chi connectivity index (χ2n) is 4.46. The van der Waals surface area contributed by atoms with Gasteiger partial charge in [0.2, 0.25) is 0 Å². The van der Waals surface area contributed by atoms with Crippen LogP contribution in [0.1, 0.15) is 5.56 Å². The second-order valence-corrected chi connectivity index (χ2v) is 4.46. The lowest BCUT2D eigenvalue weighted by molar-refractivity contribution is -0.116. The lowest BCUT2D eigenvalue weighted by Crippen LogP contribution is -2.35. The molecule has 2 aromatic rings. The van der Waals surface area contributed by atoms with Gasteiger partial charge in [0.05, 0.1) is 12.2 Å². The van der Waals surface area contributed by atoms with Crippen molar-refractivity contribution in [2.45, 2.75) is 6.54 Å². The van der Waals surface area contributed by atoms with Crippen molar-refractivity contribution >= 4 is 11.5 Å². The fraction of sp³-hybridized carbons (Fsp3) is 0.231. The number of carbonyl (C=O) groups excluding carboxylic acids is 1. The van der Waals surface area contributed by atoms with E-state index in [-0.39, 0.29) is 5.78 Å². The van der Waals surface area contributed by atoms with Crippen molar-refractivity contribution in [2.24, 2.45) is 0 Å². The molecule has 3 rings (SSSR count). The summed E-state index contributed by atoms with van der Waals surface area (Å²) in [5.74, 6) is 0.0643. The number of carbonyl (C=O) groups is 1. The van der Waals surface area contributed by atoms with Gasteiger partial charge in [0.15, 0.2) is 12.1 Å². The molecular weight excluding hydrogens is 242 g/mol. The molecule has 0 amide bonds. The van der Waals surface area contributed by atoms with Gasteiger partial charge in [0.1, 0.15) is 0 Å². The van der Waals surface area contributed by atoms with Crippen molar-refractivity contribution in [2.75, 3.05) is 13.1 Å². The molecule has 6 nitrogen and oxygen atoms in total. The molecule has 0 unspecified atom stereocenters. The molecule has 1 aliphatic rings. The summed E-state index contributed by atoms with van der Waals surface area (Å²) in [5.41, 5.74) is 1.94. The van der Waals surface area contributed by atoms with Gasteiger partial charge in [-0.3, -0.25) is 9.69 Å². The van der Waals surface area contributed by atoms with E-state index in [0.29, 0.717) is 13.1 Å². The second kappa shape index (κ2) is 5.11. The predicted molar refractivity (Wildman–Crippen MR) is 68.8 cm³/mol. The highest BCUT2D eigenvalue weighted by Crippen LogP contribution is 2.13. The number of tetrazole rings is 1. The number of hydrogen-bond acceptors (Lipinski definition) is 5. The Morgan fingerprint density at radius 3 is 2.74 bits per heavy atom. The smallest absolute Gasteiger partial charge is 0.171 e. The standard InChI is InChI=1S/C13H13N5O/c19-13-6-12(18-15-10-14-16-18)8-17(9-13)7-11-4-2-1-3-5-11/h1-6,10H,7-9H2. The molecule has 2 heterocycles. The number of rotatable bonds is 3. The van der Waals surface area contributed by atoms with Crippen LogP contribution in [0.5, 0.6) is 0 Å². The van der Waals surface area contributed by atoms with Crippen LogP contribution in [-0.4, -0.2) is 44.0 Å². The Morgan fingerprint density at radius 1 is 1.16 bits per heavy atom. The van der Waals surface area contributed by atoms with Crippen LogP contribution >= 0.6 is 0 Å². The van der Waals surface area contributed by atoms with E-state index in [9.17, 15) is 4.79 Å².